The fourth-order valence-corrected chi connectivity index (χ4v) is 4.40. The number of amides is 2. The van der Waals surface area contributed by atoms with Crippen LogP contribution in [-0.4, -0.2) is 41.5 Å². The topological polar surface area (TPSA) is 108 Å². The average Bonchev–Trinajstić information content (AvgIpc) is 3.30. The summed E-state index contributed by atoms with van der Waals surface area (Å²) in [6.07, 6.45) is 1.26. The number of carbonyl (C=O) groups excluding carboxylic acids is 3. The van der Waals surface area contributed by atoms with Gasteiger partial charge < -0.3 is 15.4 Å². The number of primary amides is 1. The molecule has 4 aromatic rings. The number of rotatable bonds is 6. The minimum atomic E-state index is -0.673. The lowest BCUT2D eigenvalue weighted by Gasteiger charge is -2.28. The van der Waals surface area contributed by atoms with E-state index in [1.807, 2.05) is 42.5 Å². The number of aromatic nitrogens is 2. The van der Waals surface area contributed by atoms with Crippen LogP contribution < -0.4 is 15.4 Å². The number of fused-ring (bicyclic) bond motifs is 1. The molecule has 3 aromatic carbocycles. The molecule has 8 nitrogen and oxygen atoms in total. The molecule has 8 heteroatoms. The van der Waals surface area contributed by atoms with Crippen molar-refractivity contribution >= 4 is 23.8 Å². The number of anilines is 1. The van der Waals surface area contributed by atoms with E-state index in [1.54, 1.807) is 42.3 Å². The molecule has 0 atom stereocenters. The van der Waals surface area contributed by atoms with E-state index in [4.69, 9.17) is 10.5 Å². The number of ether oxygens (including phenoxy) is 1. The standard InChI is InChI=1S/C27H22N4O4/c1-35-21-12-10-20(11-13-21)31-25-23(24(29-31)26(28)33)14-15-30(27(25)34)19-8-6-17(7-9-19)22-5-3-2-4-18(22)16-32/h2-13,16H,14-15H2,1H3,(H2,28,33). The van der Waals surface area contributed by atoms with Gasteiger partial charge in [0.15, 0.2) is 12.0 Å². The van der Waals surface area contributed by atoms with E-state index in [2.05, 4.69) is 5.10 Å². The van der Waals surface area contributed by atoms with Gasteiger partial charge in [-0.2, -0.15) is 5.10 Å². The van der Waals surface area contributed by atoms with Crippen LogP contribution in [0.4, 0.5) is 5.69 Å². The maximum absolute atomic E-state index is 13.7. The third-order valence-corrected chi connectivity index (χ3v) is 6.14. The zero-order valence-electron chi connectivity index (χ0n) is 19.0. The normalized spacial score (nSPS) is 12.8. The maximum atomic E-state index is 13.7. The molecule has 1 aliphatic rings. The van der Waals surface area contributed by atoms with E-state index < -0.39 is 5.91 Å². The molecule has 5 rings (SSSR count). The highest BCUT2D eigenvalue weighted by Gasteiger charge is 2.34. The Morgan fingerprint density at radius 3 is 2.34 bits per heavy atom. The summed E-state index contributed by atoms with van der Waals surface area (Å²) in [6, 6.07) is 21.9. The third-order valence-electron chi connectivity index (χ3n) is 6.14. The summed E-state index contributed by atoms with van der Waals surface area (Å²) in [5.74, 6) is -0.287. The van der Waals surface area contributed by atoms with Crippen LogP contribution >= 0.6 is 0 Å². The lowest BCUT2D eigenvalue weighted by Crippen LogP contribution is -2.39. The molecule has 2 heterocycles. The number of hydrogen-bond acceptors (Lipinski definition) is 5. The first-order chi connectivity index (χ1) is 17.0. The molecule has 2 N–H and O–H groups in total. The molecule has 0 saturated carbocycles. The van der Waals surface area contributed by atoms with Crippen LogP contribution in [0.3, 0.4) is 0 Å². The Bertz CT molecular complexity index is 1440. The largest absolute Gasteiger partial charge is 0.497 e. The molecular weight excluding hydrogens is 444 g/mol. The Hall–Kier alpha value is -4.72. The number of carbonyl (C=O) groups is 3. The number of hydrogen-bond donors (Lipinski definition) is 1. The number of aldehydes is 1. The van der Waals surface area contributed by atoms with Gasteiger partial charge in [-0.15, -0.1) is 0 Å². The van der Waals surface area contributed by atoms with Crippen LogP contribution in [-0.2, 0) is 6.42 Å². The van der Waals surface area contributed by atoms with Crippen LogP contribution in [0, 0.1) is 0 Å². The monoisotopic (exact) mass is 466 g/mol. The second-order valence-electron chi connectivity index (χ2n) is 8.11. The molecule has 0 unspecified atom stereocenters. The van der Waals surface area contributed by atoms with Crippen LogP contribution in [0.5, 0.6) is 5.75 Å². The summed E-state index contributed by atoms with van der Waals surface area (Å²) in [7, 11) is 1.57. The summed E-state index contributed by atoms with van der Waals surface area (Å²) < 4.78 is 6.69. The Balaban J connectivity index is 1.53. The first kappa shape index (κ1) is 22.1. The van der Waals surface area contributed by atoms with E-state index in [9.17, 15) is 14.4 Å². The predicted octanol–water partition coefficient (Wildman–Crippen LogP) is 3.66. The van der Waals surface area contributed by atoms with Crippen LogP contribution in [0.2, 0.25) is 0 Å². The molecule has 174 valence electrons. The van der Waals surface area contributed by atoms with E-state index in [0.717, 1.165) is 17.4 Å². The highest BCUT2D eigenvalue weighted by Crippen LogP contribution is 2.31. The summed E-state index contributed by atoms with van der Waals surface area (Å²) in [6.45, 7) is 0.380. The third kappa shape index (κ3) is 3.85. The number of nitrogens with two attached hydrogens (primary N) is 1. The number of benzene rings is 3. The minimum Gasteiger partial charge on any atom is -0.497 e. The molecule has 0 aliphatic carbocycles. The Kier molecular flexibility index (Phi) is 5.62. The first-order valence-corrected chi connectivity index (χ1v) is 11.0. The van der Waals surface area contributed by atoms with Crippen molar-refractivity contribution in [3.63, 3.8) is 0 Å². The van der Waals surface area contributed by atoms with Crippen molar-refractivity contribution in [3.05, 3.63) is 95.3 Å². The molecule has 0 spiro atoms. The van der Waals surface area contributed by atoms with Gasteiger partial charge in [0.2, 0.25) is 0 Å². The lowest BCUT2D eigenvalue weighted by atomic mass is 9.99. The van der Waals surface area contributed by atoms with E-state index >= 15 is 0 Å². The fraction of sp³-hybridized carbons (Fsp3) is 0.111. The van der Waals surface area contributed by atoms with Gasteiger partial charge in [0.05, 0.1) is 12.8 Å². The van der Waals surface area contributed by atoms with Gasteiger partial charge in [-0.05, 0) is 53.9 Å². The summed E-state index contributed by atoms with van der Waals surface area (Å²) >= 11 is 0. The van der Waals surface area contributed by atoms with Gasteiger partial charge in [0.25, 0.3) is 11.8 Å². The molecule has 1 aliphatic heterocycles. The highest BCUT2D eigenvalue weighted by molar-refractivity contribution is 6.09. The minimum absolute atomic E-state index is 0.102. The van der Waals surface area contributed by atoms with Crippen LogP contribution in [0.15, 0.2) is 72.8 Å². The van der Waals surface area contributed by atoms with Crippen LogP contribution in [0.1, 0.15) is 36.9 Å². The molecule has 0 saturated heterocycles. The first-order valence-electron chi connectivity index (χ1n) is 11.0. The van der Waals surface area contributed by atoms with E-state index in [0.29, 0.717) is 46.9 Å². The molecule has 2 amide bonds. The Morgan fingerprint density at radius 1 is 1.00 bits per heavy atom. The van der Waals surface area contributed by atoms with Gasteiger partial charge in [-0.25, -0.2) is 4.68 Å². The number of methoxy groups -OCH3 is 1. The van der Waals surface area contributed by atoms with Crippen LogP contribution in [0.25, 0.3) is 16.8 Å². The van der Waals surface area contributed by atoms with Gasteiger partial charge in [0.1, 0.15) is 11.4 Å². The van der Waals surface area contributed by atoms with Crippen molar-refractivity contribution in [2.45, 2.75) is 6.42 Å². The van der Waals surface area contributed by atoms with Crippen molar-refractivity contribution in [2.75, 3.05) is 18.6 Å². The number of nitrogens with zero attached hydrogens (tertiary/aromatic N) is 3. The van der Waals surface area contributed by atoms with Crippen molar-refractivity contribution in [3.8, 4) is 22.6 Å². The van der Waals surface area contributed by atoms with Gasteiger partial charge >= 0.3 is 0 Å². The SMILES string of the molecule is COc1ccc(-n2nc(C(N)=O)c3c2C(=O)N(c2ccc(-c4ccccc4C=O)cc2)CC3)cc1. The van der Waals surface area contributed by atoms with E-state index in [-0.39, 0.29) is 11.6 Å². The van der Waals surface area contributed by atoms with Gasteiger partial charge in [0, 0.05) is 23.4 Å². The van der Waals surface area contributed by atoms with Crippen molar-refractivity contribution in [2.24, 2.45) is 5.73 Å². The maximum Gasteiger partial charge on any atom is 0.277 e. The Labute approximate surface area is 201 Å². The Morgan fingerprint density at radius 2 is 1.69 bits per heavy atom. The van der Waals surface area contributed by atoms with Crippen molar-refractivity contribution < 1.29 is 19.1 Å². The van der Waals surface area contributed by atoms with Crippen molar-refractivity contribution in [1.82, 2.24) is 9.78 Å². The summed E-state index contributed by atoms with van der Waals surface area (Å²) in [5.41, 5.74) is 10.2. The smallest absolute Gasteiger partial charge is 0.277 e. The second kappa shape index (κ2) is 8.90. The zero-order valence-corrected chi connectivity index (χ0v) is 19.0. The van der Waals surface area contributed by atoms with E-state index in [1.165, 1.54) is 4.68 Å². The second-order valence-corrected chi connectivity index (χ2v) is 8.11. The molecule has 0 radical (unpaired) electrons. The van der Waals surface area contributed by atoms with Crippen molar-refractivity contribution in [1.29, 1.82) is 0 Å². The quantitative estimate of drug-likeness (QED) is 0.437. The molecule has 0 bridgehead atoms. The average molecular weight is 466 g/mol. The van der Waals surface area contributed by atoms with Gasteiger partial charge in [-0.3, -0.25) is 14.4 Å². The molecule has 0 fully saturated rings. The molecule has 1 aromatic heterocycles. The summed E-state index contributed by atoms with van der Waals surface area (Å²) in [4.78, 5) is 38.8. The predicted molar refractivity (Wildman–Crippen MR) is 131 cm³/mol. The van der Waals surface area contributed by atoms with Gasteiger partial charge in [-0.1, -0.05) is 36.4 Å². The fourth-order valence-electron chi connectivity index (χ4n) is 4.40. The zero-order chi connectivity index (χ0) is 24.5. The molecule has 35 heavy (non-hydrogen) atoms. The summed E-state index contributed by atoms with van der Waals surface area (Å²) in [5, 5.41) is 4.39. The highest BCUT2D eigenvalue weighted by atomic mass is 16.5. The molecular formula is C27H22N4O4. The lowest BCUT2D eigenvalue weighted by molar-refractivity contribution is 0.0972.